The van der Waals surface area contributed by atoms with Gasteiger partial charge in [-0.1, -0.05) is 0 Å². The molecule has 0 saturated heterocycles. The number of amides is 4. The molecule has 32 heavy (non-hydrogen) atoms. The first-order valence-electron chi connectivity index (χ1n) is 10.4. The Morgan fingerprint density at radius 2 is 0.938 bits per heavy atom. The fraction of sp³-hybridized carbons (Fsp3) is 0.500. The number of hydrogen-bond donors (Lipinski definition) is 0. The van der Waals surface area contributed by atoms with Gasteiger partial charge in [-0.2, -0.15) is 0 Å². The molecule has 0 radical (unpaired) electrons. The van der Waals surface area contributed by atoms with Gasteiger partial charge in [0.1, 0.15) is 0 Å². The molecule has 3 aliphatic rings. The average Bonchev–Trinajstić information content (AvgIpc) is 3.24. The molecule has 0 fully saturated rings. The molecule has 0 aromatic heterocycles. The number of imide groups is 2. The third-order valence-electron chi connectivity index (χ3n) is 4.80. The van der Waals surface area contributed by atoms with Crippen molar-refractivity contribution < 1.29 is 38.1 Å². The van der Waals surface area contributed by atoms with Gasteiger partial charge in [0.25, 0.3) is 23.6 Å². The molecule has 4 amide bonds. The topological polar surface area (TPSA) is 112 Å². The number of carbonyl (C=O) groups is 4. The Bertz CT molecular complexity index is 767. The minimum atomic E-state index is -0.309. The highest BCUT2D eigenvalue weighted by Crippen LogP contribution is 2.19. The lowest BCUT2D eigenvalue weighted by molar-refractivity contribution is -0.139. The van der Waals surface area contributed by atoms with Gasteiger partial charge in [-0.15, -0.1) is 5.73 Å². The normalized spacial score (nSPS) is 17.5. The molecule has 0 unspecified atom stereocenters. The second-order valence-corrected chi connectivity index (χ2v) is 7.16. The van der Waals surface area contributed by atoms with E-state index in [2.05, 4.69) is 5.73 Å². The molecule has 2 aliphatic heterocycles. The smallest absolute Gasteiger partial charge is 0.253 e. The monoisotopic (exact) mass is 446 g/mol. The maximum absolute atomic E-state index is 11.4. The Hall–Kier alpha value is -2.88. The van der Waals surface area contributed by atoms with Crippen LogP contribution < -0.4 is 0 Å². The molecule has 10 nitrogen and oxygen atoms in total. The standard InChI is InChI=1S/C22H26N2O8/c25-19-1-2-20(26)23(19)5-7-29-9-11-31-15-17-13-18(14-17)16-32-12-10-30-8-6-24-21(27)3-4-22(24)28/h1-4H,5-13,15-16H2. The third kappa shape index (κ3) is 7.08. The largest absolute Gasteiger partial charge is 0.377 e. The van der Waals surface area contributed by atoms with E-state index >= 15 is 0 Å². The highest BCUT2D eigenvalue weighted by atomic mass is 16.5. The minimum Gasteiger partial charge on any atom is -0.377 e. The Morgan fingerprint density at radius 1 is 0.594 bits per heavy atom. The van der Waals surface area contributed by atoms with E-state index in [1.54, 1.807) is 0 Å². The molecule has 2 heterocycles. The number of ether oxygens (including phenoxy) is 4. The summed E-state index contributed by atoms with van der Waals surface area (Å²) in [5.74, 6) is -1.24. The van der Waals surface area contributed by atoms with E-state index in [4.69, 9.17) is 18.9 Å². The molecule has 172 valence electrons. The molecule has 0 atom stereocenters. The quantitative estimate of drug-likeness (QED) is 0.181. The van der Waals surface area contributed by atoms with Gasteiger partial charge < -0.3 is 18.9 Å². The number of hydrogen-bond acceptors (Lipinski definition) is 8. The zero-order valence-corrected chi connectivity index (χ0v) is 17.7. The van der Waals surface area contributed by atoms with Gasteiger partial charge in [-0.05, 0) is 0 Å². The van der Waals surface area contributed by atoms with Crippen molar-refractivity contribution >= 4 is 23.6 Å². The van der Waals surface area contributed by atoms with Crippen LogP contribution in [0.25, 0.3) is 0 Å². The summed E-state index contributed by atoms with van der Waals surface area (Å²) in [6.45, 7) is 3.59. The summed E-state index contributed by atoms with van der Waals surface area (Å²) in [5.41, 5.74) is 5.33. The van der Waals surface area contributed by atoms with Gasteiger partial charge in [-0.3, -0.25) is 29.0 Å². The van der Waals surface area contributed by atoms with Crippen molar-refractivity contribution in [2.45, 2.75) is 6.42 Å². The van der Waals surface area contributed by atoms with Crippen molar-refractivity contribution in [3.8, 4) is 0 Å². The Kier molecular flexibility index (Phi) is 9.09. The third-order valence-corrected chi connectivity index (χ3v) is 4.80. The summed E-state index contributed by atoms with van der Waals surface area (Å²) in [6.07, 6.45) is 5.80. The van der Waals surface area contributed by atoms with Gasteiger partial charge in [0, 0.05) is 41.9 Å². The van der Waals surface area contributed by atoms with Crippen LogP contribution in [0.3, 0.4) is 0 Å². The van der Waals surface area contributed by atoms with Crippen LogP contribution in [0.4, 0.5) is 0 Å². The zero-order valence-electron chi connectivity index (χ0n) is 17.7. The van der Waals surface area contributed by atoms with E-state index in [0.29, 0.717) is 39.6 Å². The molecule has 0 aromatic carbocycles. The van der Waals surface area contributed by atoms with Crippen molar-refractivity contribution in [3.05, 3.63) is 41.2 Å². The van der Waals surface area contributed by atoms with Crippen LogP contribution in [0.1, 0.15) is 6.42 Å². The van der Waals surface area contributed by atoms with Crippen LogP contribution in [0.5, 0.6) is 0 Å². The summed E-state index contributed by atoms with van der Waals surface area (Å²) in [4.78, 5) is 47.7. The zero-order chi connectivity index (χ0) is 22.8. The molecule has 0 bridgehead atoms. The average molecular weight is 446 g/mol. The molecular weight excluding hydrogens is 420 g/mol. The predicted octanol–water partition coefficient (Wildman–Crippen LogP) is -0.242. The van der Waals surface area contributed by atoms with Crippen LogP contribution in [0, 0.1) is 0 Å². The Balaban J connectivity index is 1.12. The molecule has 0 N–H and O–H groups in total. The Morgan fingerprint density at radius 3 is 1.31 bits per heavy atom. The van der Waals surface area contributed by atoms with Gasteiger partial charge in [-0.25, -0.2) is 0 Å². The summed E-state index contributed by atoms with van der Waals surface area (Å²) in [6, 6.07) is 0. The van der Waals surface area contributed by atoms with Crippen LogP contribution >= 0.6 is 0 Å². The van der Waals surface area contributed by atoms with Gasteiger partial charge in [0.05, 0.1) is 65.9 Å². The van der Waals surface area contributed by atoms with E-state index < -0.39 is 0 Å². The van der Waals surface area contributed by atoms with Gasteiger partial charge in [0.2, 0.25) is 0 Å². The SMILES string of the molecule is O=C1C=CC(=O)N1CCOCCOCC1=C=C(COCCOCCN2C(=O)C=CC2=O)C1. The van der Waals surface area contributed by atoms with Gasteiger partial charge >= 0.3 is 0 Å². The van der Waals surface area contributed by atoms with Crippen LogP contribution in [-0.2, 0) is 38.1 Å². The maximum atomic E-state index is 11.4. The lowest BCUT2D eigenvalue weighted by atomic mass is 9.99. The number of nitrogens with zero attached hydrogens (tertiary/aromatic N) is 2. The molecule has 0 saturated carbocycles. The fourth-order valence-corrected chi connectivity index (χ4v) is 3.11. The second kappa shape index (κ2) is 12.2. The fourth-order valence-electron chi connectivity index (χ4n) is 3.11. The molecule has 10 heteroatoms. The second-order valence-electron chi connectivity index (χ2n) is 7.16. The minimum absolute atomic E-state index is 0.238. The molecule has 1 aliphatic carbocycles. The first-order chi connectivity index (χ1) is 15.5. The summed E-state index contributed by atoms with van der Waals surface area (Å²) < 4.78 is 21.8. The van der Waals surface area contributed by atoms with Crippen LogP contribution in [0.2, 0.25) is 0 Å². The van der Waals surface area contributed by atoms with Crippen molar-refractivity contribution in [2.24, 2.45) is 0 Å². The molecule has 0 spiro atoms. The van der Waals surface area contributed by atoms with E-state index in [1.165, 1.54) is 24.3 Å². The van der Waals surface area contributed by atoms with Crippen LogP contribution in [0.15, 0.2) is 41.2 Å². The van der Waals surface area contributed by atoms with E-state index in [9.17, 15) is 19.2 Å². The first kappa shape index (κ1) is 23.8. The molecule has 3 rings (SSSR count). The Labute approximate surface area is 185 Å². The number of carbonyl (C=O) groups excluding carboxylic acids is 4. The maximum Gasteiger partial charge on any atom is 0.253 e. The highest BCUT2D eigenvalue weighted by molar-refractivity contribution is 6.13. The lowest BCUT2D eigenvalue weighted by Crippen LogP contribution is -2.33. The lowest BCUT2D eigenvalue weighted by Gasteiger charge is -2.17. The summed E-state index contributed by atoms with van der Waals surface area (Å²) in [5, 5.41) is 0. The summed E-state index contributed by atoms with van der Waals surface area (Å²) >= 11 is 0. The predicted molar refractivity (Wildman–Crippen MR) is 110 cm³/mol. The first-order valence-corrected chi connectivity index (χ1v) is 10.4. The van der Waals surface area contributed by atoms with E-state index in [1.807, 2.05) is 0 Å². The van der Waals surface area contributed by atoms with Crippen molar-refractivity contribution in [1.29, 1.82) is 0 Å². The summed E-state index contributed by atoms with van der Waals surface area (Å²) in [7, 11) is 0. The van der Waals surface area contributed by atoms with Gasteiger partial charge in [0.15, 0.2) is 0 Å². The van der Waals surface area contributed by atoms with Crippen LogP contribution in [-0.4, -0.2) is 99.4 Å². The molecule has 0 aromatic rings. The van der Waals surface area contributed by atoms with Crippen molar-refractivity contribution in [1.82, 2.24) is 9.80 Å². The number of rotatable bonds is 16. The van der Waals surface area contributed by atoms with Crippen molar-refractivity contribution in [2.75, 3.05) is 65.9 Å². The molecular formula is C22H26N2O8. The highest BCUT2D eigenvalue weighted by Gasteiger charge is 2.23. The van der Waals surface area contributed by atoms with E-state index in [-0.39, 0.29) is 49.9 Å². The van der Waals surface area contributed by atoms with Crippen molar-refractivity contribution in [3.63, 3.8) is 0 Å². The van der Waals surface area contributed by atoms with E-state index in [0.717, 1.165) is 27.4 Å².